The summed E-state index contributed by atoms with van der Waals surface area (Å²) in [5.74, 6) is 0.731. The van der Waals surface area contributed by atoms with Gasteiger partial charge in [-0.05, 0) is 12.5 Å². The van der Waals surface area contributed by atoms with Crippen molar-refractivity contribution in [1.82, 2.24) is 0 Å². The number of rotatable bonds is 4. The predicted molar refractivity (Wildman–Crippen MR) is 90.3 cm³/mol. The molecule has 1 aromatic rings. The van der Waals surface area contributed by atoms with Gasteiger partial charge in [-0.15, -0.1) is 11.8 Å². The smallest absolute Gasteiger partial charge is 0.322 e. The molecule has 0 radical (unpaired) electrons. The Hall–Kier alpha value is -0.783. The monoisotopic (exact) mass is 324 g/mol. The van der Waals surface area contributed by atoms with Crippen molar-refractivity contribution >= 4 is 25.8 Å². The molecule has 2 rings (SSSR count). The van der Waals surface area contributed by atoms with Crippen molar-refractivity contribution in [3.8, 4) is 0 Å². The van der Waals surface area contributed by atoms with Crippen LogP contribution in [0, 0.1) is 0 Å². The molecule has 0 N–H and O–H groups in total. The predicted octanol–water partition coefficient (Wildman–Crippen LogP) is 3.67. The quantitative estimate of drug-likeness (QED) is 0.625. The zero-order valence-electron chi connectivity index (χ0n) is 13.2. The third kappa shape index (κ3) is 3.05. The molecule has 1 aliphatic rings. The van der Waals surface area contributed by atoms with E-state index in [1.54, 1.807) is 11.8 Å². The van der Waals surface area contributed by atoms with Crippen LogP contribution in [0.2, 0.25) is 19.6 Å². The second kappa shape index (κ2) is 6.54. The number of thioether (sulfide) groups is 1. The summed E-state index contributed by atoms with van der Waals surface area (Å²) in [7, 11) is -1.89. The number of hydrogen-bond acceptors (Lipinski definition) is 4. The summed E-state index contributed by atoms with van der Waals surface area (Å²) in [6.07, 6.45) is -0.219. The Balaban J connectivity index is 2.51. The molecule has 3 nitrogen and oxygen atoms in total. The number of esters is 1. The van der Waals surface area contributed by atoms with E-state index in [-0.39, 0.29) is 12.1 Å². The SMILES string of the molecule is CCOC(=O)[C@@]1([Si](C)(C)C)SCCO[C@H]1c1ccccc1. The molecule has 0 amide bonds. The Morgan fingerprint density at radius 3 is 2.62 bits per heavy atom. The lowest BCUT2D eigenvalue weighted by atomic mass is 10.1. The normalized spacial score (nSPS) is 26.4. The van der Waals surface area contributed by atoms with Gasteiger partial charge in [0, 0.05) is 5.75 Å². The van der Waals surface area contributed by atoms with Gasteiger partial charge < -0.3 is 9.47 Å². The standard InChI is InChI=1S/C16H24O3SSi/c1-5-18-15(17)16(21(2,3)4)14(19-11-12-20-16)13-9-7-6-8-10-13/h6-10,14H,5,11-12H2,1-4H3/t14-,16+/m0/s1. The maximum absolute atomic E-state index is 12.9. The lowest BCUT2D eigenvalue weighted by Gasteiger charge is -2.48. The molecule has 0 bridgehead atoms. The van der Waals surface area contributed by atoms with Gasteiger partial charge in [-0.1, -0.05) is 50.0 Å². The molecule has 0 spiro atoms. The fourth-order valence-corrected chi connectivity index (χ4v) is 7.63. The molecule has 0 saturated carbocycles. The number of ether oxygens (including phenoxy) is 2. The molecule has 0 aromatic heterocycles. The summed E-state index contributed by atoms with van der Waals surface area (Å²) >= 11 is 1.73. The highest BCUT2D eigenvalue weighted by atomic mass is 32.2. The summed E-state index contributed by atoms with van der Waals surface area (Å²) in [5.41, 5.74) is 1.07. The van der Waals surface area contributed by atoms with Crippen LogP contribution in [0.25, 0.3) is 0 Å². The Morgan fingerprint density at radius 2 is 2.05 bits per heavy atom. The Bertz CT molecular complexity index is 486. The van der Waals surface area contributed by atoms with Crippen LogP contribution >= 0.6 is 11.8 Å². The van der Waals surface area contributed by atoms with Gasteiger partial charge in [-0.3, -0.25) is 4.79 Å². The van der Waals surface area contributed by atoms with Crippen LogP contribution in [-0.4, -0.2) is 37.4 Å². The van der Waals surface area contributed by atoms with Gasteiger partial charge in [0.05, 0.1) is 21.3 Å². The molecule has 1 aromatic carbocycles. The van der Waals surface area contributed by atoms with Gasteiger partial charge in [-0.2, -0.15) is 0 Å². The second-order valence-corrected chi connectivity index (χ2v) is 13.2. The van der Waals surface area contributed by atoms with Crippen molar-refractivity contribution in [2.24, 2.45) is 0 Å². The van der Waals surface area contributed by atoms with Gasteiger partial charge in [0.2, 0.25) is 0 Å². The van der Waals surface area contributed by atoms with E-state index < -0.39 is 12.4 Å². The van der Waals surface area contributed by atoms with E-state index in [1.165, 1.54) is 0 Å². The molecule has 1 fully saturated rings. The van der Waals surface area contributed by atoms with E-state index >= 15 is 0 Å². The maximum atomic E-state index is 12.9. The molecule has 1 saturated heterocycles. The summed E-state index contributed by atoms with van der Waals surface area (Å²) in [5, 5.41) is 0. The third-order valence-electron chi connectivity index (χ3n) is 3.86. The molecule has 116 valence electrons. The van der Waals surface area contributed by atoms with E-state index in [9.17, 15) is 4.79 Å². The minimum atomic E-state index is -1.89. The fourth-order valence-electron chi connectivity index (χ4n) is 2.84. The zero-order valence-corrected chi connectivity index (χ0v) is 15.0. The van der Waals surface area contributed by atoms with Crippen molar-refractivity contribution in [3.63, 3.8) is 0 Å². The largest absolute Gasteiger partial charge is 0.465 e. The van der Waals surface area contributed by atoms with E-state index in [1.807, 2.05) is 37.3 Å². The second-order valence-electron chi connectivity index (χ2n) is 6.22. The van der Waals surface area contributed by atoms with E-state index in [4.69, 9.17) is 9.47 Å². The molecular formula is C16H24O3SSi. The fraction of sp³-hybridized carbons (Fsp3) is 0.562. The number of benzene rings is 1. The highest BCUT2D eigenvalue weighted by Gasteiger charge is 2.59. The van der Waals surface area contributed by atoms with E-state index in [2.05, 4.69) is 19.6 Å². The molecule has 1 heterocycles. The van der Waals surface area contributed by atoms with Crippen molar-refractivity contribution in [2.45, 2.75) is 37.0 Å². The van der Waals surface area contributed by atoms with Gasteiger partial charge in [-0.25, -0.2) is 0 Å². The number of carbonyl (C=O) groups excluding carboxylic acids is 1. The third-order valence-corrected chi connectivity index (χ3v) is 10.0. The minimum Gasteiger partial charge on any atom is -0.465 e. The molecule has 5 heteroatoms. The van der Waals surface area contributed by atoms with Crippen LogP contribution in [0.5, 0.6) is 0 Å². The van der Waals surface area contributed by atoms with Gasteiger partial charge in [0.15, 0.2) is 0 Å². The summed E-state index contributed by atoms with van der Waals surface area (Å²) in [6.45, 7) is 9.62. The summed E-state index contributed by atoms with van der Waals surface area (Å²) in [6, 6.07) is 10.1. The number of hydrogen-bond donors (Lipinski definition) is 0. The first-order valence-electron chi connectivity index (χ1n) is 7.41. The Morgan fingerprint density at radius 1 is 1.38 bits per heavy atom. The molecule has 2 atom stereocenters. The molecule has 21 heavy (non-hydrogen) atoms. The van der Waals surface area contributed by atoms with Crippen LogP contribution in [0.3, 0.4) is 0 Å². The average molecular weight is 325 g/mol. The first-order chi connectivity index (χ1) is 9.93. The topological polar surface area (TPSA) is 35.5 Å². The number of carbonyl (C=O) groups is 1. The van der Waals surface area contributed by atoms with Crippen LogP contribution < -0.4 is 0 Å². The molecule has 0 aliphatic carbocycles. The molecule has 1 aliphatic heterocycles. The van der Waals surface area contributed by atoms with Crippen molar-refractivity contribution in [3.05, 3.63) is 35.9 Å². The van der Waals surface area contributed by atoms with Crippen molar-refractivity contribution in [1.29, 1.82) is 0 Å². The van der Waals surface area contributed by atoms with Crippen LogP contribution in [0.15, 0.2) is 30.3 Å². The van der Waals surface area contributed by atoms with E-state index in [0.29, 0.717) is 13.2 Å². The van der Waals surface area contributed by atoms with Gasteiger partial charge >= 0.3 is 5.97 Å². The van der Waals surface area contributed by atoms with Crippen LogP contribution in [0.4, 0.5) is 0 Å². The maximum Gasteiger partial charge on any atom is 0.322 e. The van der Waals surface area contributed by atoms with Gasteiger partial charge in [0.25, 0.3) is 0 Å². The van der Waals surface area contributed by atoms with Crippen LogP contribution in [-0.2, 0) is 14.3 Å². The lowest BCUT2D eigenvalue weighted by molar-refractivity contribution is -0.148. The van der Waals surface area contributed by atoms with Crippen molar-refractivity contribution < 1.29 is 14.3 Å². The average Bonchev–Trinajstić information content (AvgIpc) is 2.47. The van der Waals surface area contributed by atoms with Crippen LogP contribution in [0.1, 0.15) is 18.6 Å². The first-order valence-corrected chi connectivity index (χ1v) is 11.9. The van der Waals surface area contributed by atoms with Gasteiger partial charge in [0.1, 0.15) is 10.5 Å². The van der Waals surface area contributed by atoms with E-state index in [0.717, 1.165) is 11.3 Å². The first kappa shape index (κ1) is 16.6. The Kier molecular flexibility index (Phi) is 5.17. The molecule has 0 unspecified atom stereocenters. The summed E-state index contributed by atoms with van der Waals surface area (Å²) in [4.78, 5) is 12.9. The molecular weight excluding hydrogens is 300 g/mol. The highest BCUT2D eigenvalue weighted by molar-refractivity contribution is 8.03. The minimum absolute atomic E-state index is 0.109. The lowest BCUT2D eigenvalue weighted by Crippen LogP contribution is -2.62. The Labute approximate surface area is 132 Å². The van der Waals surface area contributed by atoms with Crippen molar-refractivity contribution in [2.75, 3.05) is 19.0 Å². The zero-order chi connectivity index (χ0) is 15.5. The highest BCUT2D eigenvalue weighted by Crippen LogP contribution is 2.50. The summed E-state index contributed by atoms with van der Waals surface area (Å²) < 4.78 is 11.0.